The molecule has 4 rings (SSSR count). The van der Waals surface area contributed by atoms with Crippen molar-refractivity contribution < 1.29 is 18.3 Å². The number of aromatic nitrogens is 3. The van der Waals surface area contributed by atoms with Gasteiger partial charge in [-0.15, -0.1) is 10.2 Å². The lowest BCUT2D eigenvalue weighted by atomic mass is 9.95. The molecule has 3 heterocycles. The van der Waals surface area contributed by atoms with Crippen LogP contribution in [-0.4, -0.2) is 45.1 Å². The number of halogens is 2. The van der Waals surface area contributed by atoms with Crippen LogP contribution in [0.3, 0.4) is 0 Å². The van der Waals surface area contributed by atoms with Crippen molar-refractivity contribution in [3.8, 4) is 5.75 Å². The molecule has 1 saturated heterocycles. The first kappa shape index (κ1) is 17.4. The van der Waals surface area contributed by atoms with Crippen molar-refractivity contribution in [2.45, 2.75) is 25.4 Å². The SMILES string of the molecule is O=C(c1cccc(OC(F)F)c1)N1CCC(c2nnc3ccccn23)CC1. The standard InChI is InChI=1S/C19H18F2N4O2/c20-19(21)27-15-5-3-4-14(12-15)18(26)24-10-7-13(8-11-24)17-23-22-16-6-1-2-9-25(16)17/h1-6,9,12-13,19H,7-8,10-11H2. The largest absolute Gasteiger partial charge is 0.435 e. The van der Waals surface area contributed by atoms with Gasteiger partial charge in [0, 0.05) is 30.8 Å². The van der Waals surface area contributed by atoms with Gasteiger partial charge in [0.2, 0.25) is 0 Å². The van der Waals surface area contributed by atoms with E-state index in [1.54, 1.807) is 17.0 Å². The third kappa shape index (κ3) is 3.60. The van der Waals surface area contributed by atoms with Crippen LogP contribution in [-0.2, 0) is 0 Å². The number of carbonyl (C=O) groups is 1. The highest BCUT2D eigenvalue weighted by Crippen LogP contribution is 2.28. The summed E-state index contributed by atoms with van der Waals surface area (Å²) in [4.78, 5) is 14.4. The molecule has 0 N–H and O–H groups in total. The first-order valence-electron chi connectivity index (χ1n) is 8.75. The van der Waals surface area contributed by atoms with E-state index in [-0.39, 0.29) is 17.6 Å². The van der Waals surface area contributed by atoms with Gasteiger partial charge >= 0.3 is 6.61 Å². The maximum Gasteiger partial charge on any atom is 0.387 e. The Morgan fingerprint density at radius 3 is 2.70 bits per heavy atom. The molecule has 1 fully saturated rings. The number of amides is 1. The van der Waals surface area contributed by atoms with Gasteiger partial charge in [0.1, 0.15) is 11.6 Å². The van der Waals surface area contributed by atoms with E-state index in [1.807, 2.05) is 28.8 Å². The summed E-state index contributed by atoms with van der Waals surface area (Å²) in [5.41, 5.74) is 1.15. The quantitative estimate of drug-likeness (QED) is 0.705. The van der Waals surface area contributed by atoms with Gasteiger partial charge in [-0.2, -0.15) is 8.78 Å². The fourth-order valence-corrected chi connectivity index (χ4v) is 3.47. The summed E-state index contributed by atoms with van der Waals surface area (Å²) in [6.07, 6.45) is 3.49. The molecule has 0 atom stereocenters. The maximum atomic E-state index is 12.7. The van der Waals surface area contributed by atoms with E-state index in [4.69, 9.17) is 0 Å². The van der Waals surface area contributed by atoms with Crippen LogP contribution in [0.5, 0.6) is 5.75 Å². The van der Waals surface area contributed by atoms with E-state index in [2.05, 4.69) is 14.9 Å². The Hall–Kier alpha value is -3.03. The maximum absolute atomic E-state index is 12.7. The van der Waals surface area contributed by atoms with E-state index in [0.717, 1.165) is 24.3 Å². The molecule has 3 aromatic rings. The molecule has 1 aromatic carbocycles. The van der Waals surface area contributed by atoms with Crippen molar-refractivity contribution >= 4 is 11.6 Å². The molecule has 1 aliphatic heterocycles. The Morgan fingerprint density at radius 1 is 1.11 bits per heavy atom. The highest BCUT2D eigenvalue weighted by Gasteiger charge is 2.27. The van der Waals surface area contributed by atoms with Crippen molar-refractivity contribution in [1.82, 2.24) is 19.5 Å². The lowest BCUT2D eigenvalue weighted by molar-refractivity contribution is -0.0499. The van der Waals surface area contributed by atoms with E-state index in [9.17, 15) is 13.6 Å². The predicted molar refractivity (Wildman–Crippen MR) is 93.9 cm³/mol. The molecule has 0 saturated carbocycles. The second kappa shape index (κ2) is 7.30. The van der Waals surface area contributed by atoms with Gasteiger partial charge in [0.25, 0.3) is 5.91 Å². The highest BCUT2D eigenvalue weighted by atomic mass is 19.3. The summed E-state index contributed by atoms with van der Waals surface area (Å²) in [6, 6.07) is 11.7. The second-order valence-electron chi connectivity index (χ2n) is 6.46. The Bertz CT molecular complexity index is 952. The van der Waals surface area contributed by atoms with Gasteiger partial charge in [0.15, 0.2) is 5.65 Å². The van der Waals surface area contributed by atoms with Crippen LogP contribution in [0.25, 0.3) is 5.65 Å². The summed E-state index contributed by atoms with van der Waals surface area (Å²) in [7, 11) is 0. The molecule has 0 unspecified atom stereocenters. The average molecular weight is 372 g/mol. The normalized spacial score (nSPS) is 15.4. The van der Waals surface area contributed by atoms with Crippen LogP contribution in [0.15, 0.2) is 48.7 Å². The van der Waals surface area contributed by atoms with Gasteiger partial charge in [-0.25, -0.2) is 0 Å². The number of hydrogen-bond donors (Lipinski definition) is 0. The van der Waals surface area contributed by atoms with Crippen molar-refractivity contribution in [3.05, 3.63) is 60.0 Å². The summed E-state index contributed by atoms with van der Waals surface area (Å²) in [5.74, 6) is 0.935. The van der Waals surface area contributed by atoms with Crippen LogP contribution in [0.2, 0.25) is 0 Å². The Balaban J connectivity index is 1.44. The molecule has 0 radical (unpaired) electrons. The predicted octanol–water partition coefficient (Wildman–Crippen LogP) is 3.35. The van der Waals surface area contributed by atoms with Gasteiger partial charge in [-0.3, -0.25) is 9.20 Å². The minimum absolute atomic E-state index is 0.0133. The Kier molecular flexibility index (Phi) is 4.70. The van der Waals surface area contributed by atoms with Crippen molar-refractivity contribution in [2.75, 3.05) is 13.1 Å². The number of ether oxygens (including phenoxy) is 1. The number of likely N-dealkylation sites (tertiary alicyclic amines) is 1. The van der Waals surface area contributed by atoms with Gasteiger partial charge in [-0.1, -0.05) is 12.1 Å². The average Bonchev–Trinajstić information content (AvgIpc) is 3.11. The lowest BCUT2D eigenvalue weighted by Gasteiger charge is -2.31. The number of alkyl halides is 2. The Morgan fingerprint density at radius 2 is 1.93 bits per heavy atom. The number of piperidine rings is 1. The molecule has 1 aliphatic rings. The number of nitrogens with zero attached hydrogens (tertiary/aromatic N) is 4. The summed E-state index contributed by atoms with van der Waals surface area (Å²) in [6.45, 7) is -1.76. The van der Waals surface area contributed by atoms with Crippen LogP contribution in [0.1, 0.15) is 34.9 Å². The zero-order valence-electron chi connectivity index (χ0n) is 14.5. The molecule has 27 heavy (non-hydrogen) atoms. The van der Waals surface area contributed by atoms with Crippen LogP contribution in [0.4, 0.5) is 8.78 Å². The zero-order valence-corrected chi connectivity index (χ0v) is 14.5. The molecular formula is C19H18F2N4O2. The number of benzene rings is 1. The molecule has 0 aliphatic carbocycles. The van der Waals surface area contributed by atoms with Crippen LogP contribution >= 0.6 is 0 Å². The van der Waals surface area contributed by atoms with Crippen molar-refractivity contribution in [1.29, 1.82) is 0 Å². The third-order valence-electron chi connectivity index (χ3n) is 4.79. The molecule has 8 heteroatoms. The lowest BCUT2D eigenvalue weighted by Crippen LogP contribution is -2.38. The minimum atomic E-state index is -2.91. The molecule has 6 nitrogen and oxygen atoms in total. The van der Waals surface area contributed by atoms with E-state index in [1.165, 1.54) is 12.1 Å². The van der Waals surface area contributed by atoms with Crippen molar-refractivity contribution in [3.63, 3.8) is 0 Å². The number of fused-ring (bicyclic) bond motifs is 1. The smallest absolute Gasteiger partial charge is 0.387 e. The third-order valence-corrected chi connectivity index (χ3v) is 4.79. The molecule has 1 amide bonds. The van der Waals surface area contributed by atoms with Crippen LogP contribution in [0, 0.1) is 0 Å². The zero-order chi connectivity index (χ0) is 18.8. The highest BCUT2D eigenvalue weighted by molar-refractivity contribution is 5.94. The molecule has 0 spiro atoms. The first-order valence-corrected chi connectivity index (χ1v) is 8.75. The second-order valence-corrected chi connectivity index (χ2v) is 6.46. The monoisotopic (exact) mass is 372 g/mol. The topological polar surface area (TPSA) is 59.7 Å². The fourth-order valence-electron chi connectivity index (χ4n) is 3.47. The summed E-state index contributed by atoms with van der Waals surface area (Å²) in [5, 5.41) is 8.49. The number of rotatable bonds is 4. The number of carbonyl (C=O) groups excluding carboxylic acids is 1. The summed E-state index contributed by atoms with van der Waals surface area (Å²) < 4.78 is 31.1. The van der Waals surface area contributed by atoms with Crippen molar-refractivity contribution in [2.24, 2.45) is 0 Å². The van der Waals surface area contributed by atoms with E-state index in [0.29, 0.717) is 18.7 Å². The molecule has 2 aromatic heterocycles. The minimum Gasteiger partial charge on any atom is -0.435 e. The first-order chi connectivity index (χ1) is 13.1. The van der Waals surface area contributed by atoms with Crippen LogP contribution < -0.4 is 4.74 Å². The summed E-state index contributed by atoms with van der Waals surface area (Å²) >= 11 is 0. The van der Waals surface area contributed by atoms with Gasteiger partial charge < -0.3 is 9.64 Å². The fraction of sp³-hybridized carbons (Fsp3) is 0.316. The number of hydrogen-bond acceptors (Lipinski definition) is 4. The van der Waals surface area contributed by atoms with Gasteiger partial charge in [0.05, 0.1) is 0 Å². The molecule has 140 valence electrons. The van der Waals surface area contributed by atoms with E-state index < -0.39 is 6.61 Å². The van der Waals surface area contributed by atoms with E-state index >= 15 is 0 Å². The molecule has 0 bridgehead atoms. The number of pyridine rings is 1. The Labute approximate surface area is 154 Å². The molecular weight excluding hydrogens is 354 g/mol. The van der Waals surface area contributed by atoms with Gasteiger partial charge in [-0.05, 0) is 43.2 Å².